The van der Waals surface area contributed by atoms with Gasteiger partial charge < -0.3 is 11.1 Å². The molecule has 160 valence electrons. The summed E-state index contributed by atoms with van der Waals surface area (Å²) in [6.07, 6.45) is 5.09. The van der Waals surface area contributed by atoms with E-state index in [4.69, 9.17) is 5.73 Å². The summed E-state index contributed by atoms with van der Waals surface area (Å²) in [7, 11) is -6.71. The minimum atomic E-state index is -4.40. The summed E-state index contributed by atoms with van der Waals surface area (Å²) in [6, 6.07) is -0.327. The highest BCUT2D eigenvalue weighted by atomic mass is 32.3. The van der Waals surface area contributed by atoms with Crippen LogP contribution in [0.5, 0.6) is 0 Å². The third kappa shape index (κ3) is 6.41. The van der Waals surface area contributed by atoms with Gasteiger partial charge in [-0.1, -0.05) is 29.0 Å². The molecule has 10 nitrogen and oxygen atoms in total. The predicted octanol–water partition coefficient (Wildman–Crippen LogP) is -0.316. The summed E-state index contributed by atoms with van der Waals surface area (Å²) in [5.74, 6) is -0.0612. The fourth-order valence-corrected chi connectivity index (χ4v) is 5.62. The molecule has 1 aliphatic heterocycles. The van der Waals surface area contributed by atoms with Gasteiger partial charge in [0.2, 0.25) is 10.0 Å². The number of rotatable bonds is 12. The van der Waals surface area contributed by atoms with Gasteiger partial charge >= 0.3 is 10.2 Å². The molecule has 1 unspecified atom stereocenters. The van der Waals surface area contributed by atoms with Gasteiger partial charge in [-0.25, -0.2) is 13.4 Å². The Morgan fingerprint density at radius 1 is 1.43 bits per heavy atom. The van der Waals surface area contributed by atoms with Gasteiger partial charge in [0.05, 0.1) is 12.3 Å². The van der Waals surface area contributed by atoms with E-state index in [1.165, 1.54) is 5.01 Å². The van der Waals surface area contributed by atoms with Crippen molar-refractivity contribution in [1.29, 1.82) is 0 Å². The lowest BCUT2D eigenvalue weighted by Gasteiger charge is -2.28. The number of sulfonamides is 1. The molecule has 1 aliphatic rings. The molecule has 0 aromatic heterocycles. The van der Waals surface area contributed by atoms with E-state index in [9.17, 15) is 16.8 Å². The molecule has 0 bridgehead atoms. The highest BCUT2D eigenvalue weighted by Gasteiger charge is 2.34. The van der Waals surface area contributed by atoms with Gasteiger partial charge in [0.15, 0.2) is 0 Å². The maximum Gasteiger partial charge on any atom is 0.315 e. The summed E-state index contributed by atoms with van der Waals surface area (Å²) in [4.78, 5) is 0. The van der Waals surface area contributed by atoms with Crippen LogP contribution in [0.3, 0.4) is 0 Å². The molecule has 0 aromatic carbocycles. The molecule has 1 rings (SSSR count). The van der Waals surface area contributed by atoms with Crippen LogP contribution in [0, 0.1) is 0 Å². The molecule has 0 aromatic rings. The van der Waals surface area contributed by atoms with Gasteiger partial charge in [-0.05, 0) is 32.5 Å². The van der Waals surface area contributed by atoms with Crippen molar-refractivity contribution in [3.63, 3.8) is 0 Å². The van der Waals surface area contributed by atoms with Crippen LogP contribution in [0.4, 0.5) is 0 Å². The SMILES string of the molecule is C=C/C(=C\CN)C1CC(C)=NN1C(=C)NS(=O)(=O)N(CCCNC)S(C)(=O)=O. The zero-order valence-electron chi connectivity index (χ0n) is 16.6. The standard InChI is InChI=1S/C16H30N6O4S2/c1-6-15(8-9-17)16-12-13(2)19-22(16)14(3)20-28(25,26)21(27(5,23)24)11-7-10-18-4/h6,8,16,18,20H,1,3,7,9-12,17H2,2,4-5H3/b15-8+. The Morgan fingerprint density at radius 2 is 2.07 bits per heavy atom. The first-order valence-electron chi connectivity index (χ1n) is 8.68. The third-order valence-corrected chi connectivity index (χ3v) is 7.50. The fraction of sp³-hybridized carbons (Fsp3) is 0.562. The number of hydrogen-bond acceptors (Lipinski definition) is 8. The van der Waals surface area contributed by atoms with Crippen molar-refractivity contribution in [2.75, 3.05) is 32.9 Å². The number of nitrogens with zero attached hydrogens (tertiary/aromatic N) is 3. The van der Waals surface area contributed by atoms with E-state index >= 15 is 0 Å². The maximum atomic E-state index is 12.7. The molecule has 0 saturated heterocycles. The highest BCUT2D eigenvalue weighted by molar-refractivity contribution is 8.02. The van der Waals surface area contributed by atoms with Gasteiger partial charge in [0, 0.05) is 25.2 Å². The molecule has 0 aliphatic carbocycles. The summed E-state index contributed by atoms with van der Waals surface area (Å²) in [5.41, 5.74) is 7.13. The van der Waals surface area contributed by atoms with Crippen LogP contribution in [0.2, 0.25) is 0 Å². The predicted molar refractivity (Wildman–Crippen MR) is 112 cm³/mol. The second-order valence-corrected chi connectivity index (χ2v) is 10.0. The largest absolute Gasteiger partial charge is 0.327 e. The molecular weight excluding hydrogens is 404 g/mol. The first-order valence-corrected chi connectivity index (χ1v) is 12.0. The normalized spacial score (nSPS) is 18.3. The van der Waals surface area contributed by atoms with E-state index in [0.717, 1.165) is 17.5 Å². The van der Waals surface area contributed by atoms with Crippen molar-refractivity contribution in [2.24, 2.45) is 10.8 Å². The average Bonchev–Trinajstić information content (AvgIpc) is 2.96. The molecule has 1 heterocycles. The summed E-state index contributed by atoms with van der Waals surface area (Å²) in [5, 5.41) is 8.57. The van der Waals surface area contributed by atoms with Crippen LogP contribution < -0.4 is 15.8 Å². The highest BCUT2D eigenvalue weighted by Crippen LogP contribution is 2.26. The zero-order valence-corrected chi connectivity index (χ0v) is 18.2. The number of hydrazone groups is 1. The van der Waals surface area contributed by atoms with E-state index in [1.807, 2.05) is 0 Å². The lowest BCUT2D eigenvalue weighted by molar-refractivity contribution is 0.318. The lowest BCUT2D eigenvalue weighted by atomic mass is 10.0. The van der Waals surface area contributed by atoms with Gasteiger partial charge in [0.25, 0.3) is 0 Å². The van der Waals surface area contributed by atoms with Crippen molar-refractivity contribution < 1.29 is 16.8 Å². The minimum absolute atomic E-state index is 0.0612. The van der Waals surface area contributed by atoms with E-state index in [-0.39, 0.29) is 25.0 Å². The van der Waals surface area contributed by atoms with Crippen molar-refractivity contribution in [3.8, 4) is 0 Å². The van der Waals surface area contributed by atoms with Gasteiger partial charge in [-0.15, -0.1) is 0 Å². The van der Waals surface area contributed by atoms with Gasteiger partial charge in [-0.3, -0.25) is 4.72 Å². The van der Waals surface area contributed by atoms with Crippen molar-refractivity contribution >= 4 is 25.9 Å². The smallest absolute Gasteiger partial charge is 0.315 e. The Bertz CT molecular complexity index is 848. The van der Waals surface area contributed by atoms with Crippen LogP contribution in [0.25, 0.3) is 0 Å². The van der Waals surface area contributed by atoms with E-state index in [1.54, 1.807) is 26.1 Å². The van der Waals surface area contributed by atoms with Crippen LogP contribution in [0.1, 0.15) is 19.8 Å². The molecule has 0 amide bonds. The Morgan fingerprint density at radius 3 is 2.57 bits per heavy atom. The molecule has 0 saturated carbocycles. The quantitative estimate of drug-likeness (QED) is 0.283. The van der Waals surface area contributed by atoms with Crippen molar-refractivity contribution in [1.82, 2.24) is 18.8 Å². The molecular formula is C16H30N6O4S2. The number of hydrogen-bond donors (Lipinski definition) is 3. The van der Waals surface area contributed by atoms with Crippen LogP contribution in [0.15, 0.2) is 41.8 Å². The molecule has 0 radical (unpaired) electrons. The van der Waals surface area contributed by atoms with E-state index in [0.29, 0.717) is 23.1 Å². The minimum Gasteiger partial charge on any atom is -0.327 e. The molecule has 28 heavy (non-hydrogen) atoms. The van der Waals surface area contributed by atoms with Crippen molar-refractivity contribution in [3.05, 3.63) is 36.7 Å². The summed E-state index contributed by atoms with van der Waals surface area (Å²) < 4.78 is 52.1. The molecule has 4 N–H and O–H groups in total. The second kappa shape index (κ2) is 10.2. The first-order chi connectivity index (χ1) is 13.0. The van der Waals surface area contributed by atoms with Crippen LogP contribution in [-0.2, 0) is 20.2 Å². The molecule has 1 atom stereocenters. The maximum absolute atomic E-state index is 12.7. The third-order valence-electron chi connectivity index (χ3n) is 3.97. The lowest BCUT2D eigenvalue weighted by Crippen LogP contribution is -2.47. The van der Waals surface area contributed by atoms with E-state index < -0.39 is 20.2 Å². The number of nitrogens with one attached hydrogen (secondary N) is 2. The number of nitrogens with two attached hydrogens (primary N) is 1. The average molecular weight is 435 g/mol. The topological polar surface area (TPSA) is 137 Å². The molecule has 12 heteroatoms. The summed E-state index contributed by atoms with van der Waals surface area (Å²) >= 11 is 0. The Labute approximate surface area is 168 Å². The van der Waals surface area contributed by atoms with Crippen LogP contribution in [-0.4, -0.2) is 70.2 Å². The summed E-state index contributed by atoms with van der Waals surface area (Å²) in [6.45, 7) is 9.86. The monoisotopic (exact) mass is 434 g/mol. The van der Waals surface area contributed by atoms with Crippen molar-refractivity contribution in [2.45, 2.75) is 25.8 Å². The molecule has 0 fully saturated rings. The van der Waals surface area contributed by atoms with E-state index in [2.05, 4.69) is 28.3 Å². The molecule has 0 spiro atoms. The first kappa shape index (κ1) is 24.3. The van der Waals surface area contributed by atoms with Gasteiger partial charge in [-0.2, -0.15) is 13.5 Å². The Kier molecular flexibility index (Phi) is 8.82. The fourth-order valence-electron chi connectivity index (χ4n) is 2.76. The second-order valence-electron chi connectivity index (χ2n) is 6.31. The van der Waals surface area contributed by atoms with Crippen LogP contribution >= 0.6 is 0 Å². The Hall–Kier alpha value is -1.73. The zero-order chi connectivity index (χ0) is 21.5. The van der Waals surface area contributed by atoms with Gasteiger partial charge in [0.1, 0.15) is 5.82 Å². The Balaban J connectivity index is 3.09.